The van der Waals surface area contributed by atoms with Crippen LogP contribution in [-0.4, -0.2) is 26.5 Å². The summed E-state index contributed by atoms with van der Waals surface area (Å²) < 4.78 is 44.5. The summed E-state index contributed by atoms with van der Waals surface area (Å²) in [5, 5.41) is 0. The second-order valence-corrected chi connectivity index (χ2v) is 7.30. The molecule has 0 bridgehead atoms. The fourth-order valence-corrected chi connectivity index (χ4v) is 4.11. The molecule has 6 nitrogen and oxygen atoms in total. The molecule has 1 aromatic heterocycles. The summed E-state index contributed by atoms with van der Waals surface area (Å²) in [4.78, 5) is 15.1. The average Bonchev–Trinajstić information content (AvgIpc) is 2.92. The summed E-state index contributed by atoms with van der Waals surface area (Å²) in [7, 11) is -2.97. The Morgan fingerprint density at radius 3 is 2.86 bits per heavy atom. The number of esters is 1. The van der Waals surface area contributed by atoms with Gasteiger partial charge in [-0.1, -0.05) is 0 Å². The van der Waals surface area contributed by atoms with Crippen molar-refractivity contribution in [1.82, 2.24) is 4.98 Å². The molecule has 1 N–H and O–H groups in total. The molecule has 0 aliphatic rings. The first-order valence-corrected chi connectivity index (χ1v) is 8.50. The van der Waals surface area contributed by atoms with Gasteiger partial charge in [-0.25, -0.2) is 22.6 Å². The van der Waals surface area contributed by atoms with Crippen molar-refractivity contribution in [2.75, 3.05) is 11.8 Å². The minimum atomic E-state index is -4.09. The number of ether oxygens (including phenoxy) is 1. The second-order valence-electron chi connectivity index (χ2n) is 3.71. The van der Waals surface area contributed by atoms with E-state index in [4.69, 9.17) is 0 Å². The number of halogens is 2. The Morgan fingerprint density at radius 1 is 1.48 bits per heavy atom. The van der Waals surface area contributed by atoms with Crippen LogP contribution >= 0.6 is 27.3 Å². The number of hydrogen-bond acceptors (Lipinski definition) is 6. The van der Waals surface area contributed by atoms with E-state index >= 15 is 0 Å². The molecule has 0 atom stereocenters. The number of rotatable bonds is 4. The van der Waals surface area contributed by atoms with Gasteiger partial charge in [-0.2, -0.15) is 0 Å². The van der Waals surface area contributed by atoms with E-state index in [1.54, 1.807) is 0 Å². The van der Waals surface area contributed by atoms with Crippen molar-refractivity contribution in [3.8, 4) is 0 Å². The Labute approximate surface area is 132 Å². The molecule has 1 aromatic carbocycles. The van der Waals surface area contributed by atoms with Gasteiger partial charge in [0.25, 0.3) is 10.0 Å². The second kappa shape index (κ2) is 6.08. The topological polar surface area (TPSA) is 85.4 Å². The molecule has 0 radical (unpaired) electrons. The van der Waals surface area contributed by atoms with Crippen LogP contribution < -0.4 is 4.72 Å². The van der Waals surface area contributed by atoms with E-state index in [1.807, 2.05) is 0 Å². The summed E-state index contributed by atoms with van der Waals surface area (Å²) in [6.45, 7) is 0. The van der Waals surface area contributed by atoms with Gasteiger partial charge in [0.05, 0.1) is 18.3 Å². The molecule has 0 aliphatic carbocycles. The van der Waals surface area contributed by atoms with E-state index < -0.39 is 21.8 Å². The van der Waals surface area contributed by atoms with E-state index in [1.165, 1.54) is 17.6 Å². The Bertz CT molecular complexity index is 791. The lowest BCUT2D eigenvalue weighted by Crippen LogP contribution is -2.16. The molecule has 112 valence electrons. The van der Waals surface area contributed by atoms with Gasteiger partial charge in [-0.3, -0.25) is 4.72 Å². The van der Waals surface area contributed by atoms with Crippen LogP contribution in [0.5, 0.6) is 0 Å². The van der Waals surface area contributed by atoms with Gasteiger partial charge in [0.15, 0.2) is 9.90 Å². The standard InChI is InChI=1S/C11H8BrFN2O4S2/c1-19-10(16)9-11(20-5-14-9)21(17,18)15-8-4-6(13)2-3-7(8)12/h2-5,15H,1H3. The summed E-state index contributed by atoms with van der Waals surface area (Å²) in [5.74, 6) is -1.47. The summed E-state index contributed by atoms with van der Waals surface area (Å²) in [5.41, 5.74) is 0.906. The third-order valence-corrected chi connectivity index (χ3v) is 5.76. The smallest absolute Gasteiger partial charge is 0.358 e. The normalized spacial score (nSPS) is 11.2. The number of anilines is 1. The molecule has 2 rings (SSSR count). The van der Waals surface area contributed by atoms with Crippen LogP contribution in [0.4, 0.5) is 10.1 Å². The minimum Gasteiger partial charge on any atom is -0.464 e. The van der Waals surface area contributed by atoms with Crippen molar-refractivity contribution in [3.63, 3.8) is 0 Å². The van der Waals surface area contributed by atoms with Crippen molar-refractivity contribution >= 4 is 48.9 Å². The van der Waals surface area contributed by atoms with Crippen LogP contribution in [0.15, 0.2) is 32.4 Å². The van der Waals surface area contributed by atoms with E-state index in [9.17, 15) is 17.6 Å². The number of sulfonamides is 1. The van der Waals surface area contributed by atoms with Gasteiger partial charge in [0, 0.05) is 4.47 Å². The van der Waals surface area contributed by atoms with Crippen LogP contribution in [0.2, 0.25) is 0 Å². The molecule has 10 heteroatoms. The van der Waals surface area contributed by atoms with Gasteiger partial charge in [-0.05, 0) is 34.1 Å². The summed E-state index contributed by atoms with van der Waals surface area (Å²) in [6.07, 6.45) is 0. The van der Waals surface area contributed by atoms with E-state index in [0.29, 0.717) is 4.47 Å². The predicted molar refractivity (Wildman–Crippen MR) is 78.4 cm³/mol. The quantitative estimate of drug-likeness (QED) is 0.805. The van der Waals surface area contributed by atoms with Gasteiger partial charge in [0.1, 0.15) is 5.82 Å². The third-order valence-electron chi connectivity index (χ3n) is 2.33. The Balaban J connectivity index is 2.42. The van der Waals surface area contributed by atoms with Gasteiger partial charge in [0.2, 0.25) is 0 Å². The summed E-state index contributed by atoms with van der Waals surface area (Å²) >= 11 is 3.87. The largest absolute Gasteiger partial charge is 0.464 e. The molecule has 0 aliphatic heterocycles. The van der Waals surface area contributed by atoms with Crippen molar-refractivity contribution in [1.29, 1.82) is 0 Å². The first-order valence-electron chi connectivity index (χ1n) is 5.35. The average molecular weight is 395 g/mol. The highest BCUT2D eigenvalue weighted by atomic mass is 79.9. The zero-order valence-electron chi connectivity index (χ0n) is 10.5. The number of thiazole rings is 1. The fourth-order valence-electron chi connectivity index (χ4n) is 1.43. The van der Waals surface area contributed by atoms with Crippen molar-refractivity contribution in [2.24, 2.45) is 0 Å². The molecule has 21 heavy (non-hydrogen) atoms. The predicted octanol–water partition coefficient (Wildman–Crippen LogP) is 2.63. The fraction of sp³-hybridized carbons (Fsp3) is 0.0909. The number of carbonyl (C=O) groups excluding carboxylic acids is 1. The van der Waals surface area contributed by atoms with Crippen molar-refractivity contribution in [2.45, 2.75) is 4.21 Å². The lowest BCUT2D eigenvalue weighted by molar-refractivity contribution is 0.0590. The third kappa shape index (κ3) is 3.39. The van der Waals surface area contributed by atoms with E-state index in [-0.39, 0.29) is 15.6 Å². The molecular formula is C11H8BrFN2O4S2. The molecule has 0 amide bonds. The molecular weight excluding hydrogens is 387 g/mol. The first kappa shape index (κ1) is 15.9. The van der Waals surface area contributed by atoms with Crippen molar-refractivity contribution < 1.29 is 22.3 Å². The number of benzene rings is 1. The van der Waals surface area contributed by atoms with Crippen molar-refractivity contribution in [3.05, 3.63) is 39.7 Å². The lowest BCUT2D eigenvalue weighted by Gasteiger charge is -2.09. The molecule has 0 saturated heterocycles. The van der Waals surface area contributed by atoms with Gasteiger partial charge < -0.3 is 4.74 Å². The lowest BCUT2D eigenvalue weighted by atomic mass is 10.3. The highest BCUT2D eigenvalue weighted by Crippen LogP contribution is 2.28. The maximum Gasteiger partial charge on any atom is 0.358 e. The highest BCUT2D eigenvalue weighted by Gasteiger charge is 2.27. The maximum atomic E-state index is 13.2. The Hall–Kier alpha value is -1.52. The number of hydrogen-bond donors (Lipinski definition) is 1. The first-order chi connectivity index (χ1) is 9.85. The molecule has 0 fully saturated rings. The molecule has 0 saturated carbocycles. The van der Waals surface area contributed by atoms with E-state index in [0.717, 1.165) is 24.5 Å². The monoisotopic (exact) mass is 394 g/mol. The maximum absolute atomic E-state index is 13.2. The number of methoxy groups -OCH3 is 1. The highest BCUT2D eigenvalue weighted by molar-refractivity contribution is 9.10. The number of nitrogens with zero attached hydrogens (tertiary/aromatic N) is 1. The van der Waals surface area contributed by atoms with E-state index in [2.05, 4.69) is 30.4 Å². The molecule has 0 spiro atoms. The van der Waals surface area contributed by atoms with Crippen LogP contribution in [0.1, 0.15) is 10.5 Å². The SMILES string of the molecule is COC(=O)c1ncsc1S(=O)(=O)Nc1cc(F)ccc1Br. The van der Waals surface area contributed by atoms with Crippen LogP contribution in [0.3, 0.4) is 0 Å². The van der Waals surface area contributed by atoms with Crippen LogP contribution in [-0.2, 0) is 14.8 Å². The van der Waals surface area contributed by atoms with Gasteiger partial charge >= 0.3 is 5.97 Å². The Kier molecular flexibility index (Phi) is 4.59. The molecule has 2 aromatic rings. The van der Waals surface area contributed by atoms with Crippen LogP contribution in [0, 0.1) is 5.82 Å². The zero-order chi connectivity index (χ0) is 15.6. The number of carbonyl (C=O) groups is 1. The molecule has 0 unspecified atom stereocenters. The number of nitrogens with one attached hydrogen (secondary N) is 1. The molecule has 1 heterocycles. The minimum absolute atomic E-state index is 0.0132. The Morgan fingerprint density at radius 2 is 2.19 bits per heavy atom. The van der Waals surface area contributed by atoms with Crippen LogP contribution in [0.25, 0.3) is 0 Å². The van der Waals surface area contributed by atoms with Gasteiger partial charge in [-0.15, -0.1) is 11.3 Å². The summed E-state index contributed by atoms with van der Waals surface area (Å²) in [6, 6.07) is 3.55. The number of aromatic nitrogens is 1. The zero-order valence-corrected chi connectivity index (χ0v) is 13.7.